The van der Waals surface area contributed by atoms with Crippen LogP contribution in [0.2, 0.25) is 0 Å². The lowest BCUT2D eigenvalue weighted by molar-refractivity contribution is -0.121. The van der Waals surface area contributed by atoms with Crippen molar-refractivity contribution in [2.24, 2.45) is 5.92 Å². The summed E-state index contributed by atoms with van der Waals surface area (Å²) in [4.78, 5) is 12.0. The largest absolute Gasteiger partial charge is 0.356 e. The molecule has 24 heavy (non-hydrogen) atoms. The highest BCUT2D eigenvalue weighted by atomic mass is 79.9. The fourth-order valence-electron chi connectivity index (χ4n) is 2.57. The van der Waals surface area contributed by atoms with Crippen LogP contribution in [0.1, 0.15) is 30.3 Å². The molecule has 1 heterocycles. The predicted octanol–water partition coefficient (Wildman–Crippen LogP) is 3.79. The first-order valence-corrected chi connectivity index (χ1v) is 8.86. The number of carbonyl (C=O) groups excluding carboxylic acids is 1. The molecule has 1 N–H and O–H groups in total. The second kappa shape index (κ2) is 8.42. The molecule has 0 aliphatic rings. The molecule has 0 saturated heterocycles. The quantitative estimate of drug-likeness (QED) is 0.774. The Morgan fingerprint density at radius 1 is 1.38 bits per heavy atom. The van der Waals surface area contributed by atoms with Crippen LogP contribution < -0.4 is 5.32 Å². The van der Waals surface area contributed by atoms with E-state index in [2.05, 4.69) is 33.3 Å². The fourth-order valence-corrected chi connectivity index (χ4v) is 2.90. The van der Waals surface area contributed by atoms with Crippen molar-refractivity contribution in [3.8, 4) is 0 Å². The third kappa shape index (κ3) is 5.44. The number of nitrogens with one attached hydrogen (secondary N) is 1. The molecule has 0 radical (unpaired) electrons. The summed E-state index contributed by atoms with van der Waals surface area (Å²) in [5, 5.41) is 7.35. The van der Waals surface area contributed by atoms with E-state index in [-0.39, 0.29) is 24.1 Å². The highest BCUT2D eigenvalue weighted by Gasteiger charge is 2.10. The molecule has 1 atom stereocenters. The first-order valence-electron chi connectivity index (χ1n) is 8.07. The minimum absolute atomic E-state index is 0.0578. The van der Waals surface area contributed by atoms with Crippen LogP contribution in [0.4, 0.5) is 4.39 Å². The van der Waals surface area contributed by atoms with E-state index in [0.29, 0.717) is 23.0 Å². The molecule has 1 aromatic heterocycles. The van der Waals surface area contributed by atoms with Gasteiger partial charge in [0, 0.05) is 29.7 Å². The Bertz CT molecular complexity index is 714. The van der Waals surface area contributed by atoms with Crippen molar-refractivity contribution in [3.05, 3.63) is 51.5 Å². The van der Waals surface area contributed by atoms with Crippen molar-refractivity contribution >= 4 is 21.8 Å². The molecule has 130 valence electrons. The number of benzene rings is 1. The maximum absolute atomic E-state index is 13.7. The van der Waals surface area contributed by atoms with Gasteiger partial charge in [-0.25, -0.2) is 4.39 Å². The van der Waals surface area contributed by atoms with Crippen molar-refractivity contribution in [2.45, 2.75) is 40.2 Å². The molecular formula is C18H23BrFN3O. The van der Waals surface area contributed by atoms with Crippen LogP contribution >= 0.6 is 15.9 Å². The number of halogens is 2. The van der Waals surface area contributed by atoms with Crippen molar-refractivity contribution in [3.63, 3.8) is 0 Å². The molecule has 4 nitrogen and oxygen atoms in total. The number of aromatic nitrogens is 2. The SMILES string of the molecule is Cc1cc(C)n(CC(C)CNC(=O)CCc2ccc(Br)cc2F)n1. The zero-order valence-electron chi connectivity index (χ0n) is 14.3. The van der Waals surface area contributed by atoms with E-state index in [1.165, 1.54) is 6.07 Å². The lowest BCUT2D eigenvalue weighted by atomic mass is 10.1. The number of nitrogens with zero attached hydrogens (tertiary/aromatic N) is 2. The lowest BCUT2D eigenvalue weighted by Gasteiger charge is -2.14. The number of rotatable bonds is 7. The Kier molecular flexibility index (Phi) is 6.54. The van der Waals surface area contributed by atoms with Crippen molar-refractivity contribution < 1.29 is 9.18 Å². The zero-order chi connectivity index (χ0) is 17.7. The highest BCUT2D eigenvalue weighted by Crippen LogP contribution is 2.16. The fraction of sp³-hybridized carbons (Fsp3) is 0.444. The maximum Gasteiger partial charge on any atom is 0.220 e. The van der Waals surface area contributed by atoms with E-state index in [0.717, 1.165) is 17.9 Å². The molecule has 0 fully saturated rings. The number of amides is 1. The number of carbonyl (C=O) groups is 1. The minimum atomic E-state index is -0.282. The minimum Gasteiger partial charge on any atom is -0.356 e. The summed E-state index contributed by atoms with van der Waals surface area (Å²) in [6.07, 6.45) is 0.683. The predicted molar refractivity (Wildman–Crippen MR) is 96.3 cm³/mol. The Hall–Kier alpha value is -1.69. The molecule has 1 unspecified atom stereocenters. The van der Waals surface area contributed by atoms with Crippen LogP contribution in [-0.2, 0) is 17.8 Å². The number of aryl methyl sites for hydroxylation is 3. The summed E-state index contributed by atoms with van der Waals surface area (Å²) in [5.41, 5.74) is 2.68. The first kappa shape index (κ1) is 18.6. The topological polar surface area (TPSA) is 46.9 Å². The van der Waals surface area contributed by atoms with Gasteiger partial charge in [0.15, 0.2) is 0 Å². The van der Waals surface area contributed by atoms with Crippen LogP contribution in [0.25, 0.3) is 0 Å². The monoisotopic (exact) mass is 395 g/mol. The molecule has 2 rings (SSSR count). The summed E-state index contributed by atoms with van der Waals surface area (Å²) >= 11 is 3.22. The van der Waals surface area contributed by atoms with Gasteiger partial charge >= 0.3 is 0 Å². The standard InChI is InChI=1S/C18H23BrFN3O/c1-12(11-23-14(3)8-13(2)22-23)10-21-18(24)7-5-15-4-6-16(19)9-17(15)20/h4,6,8-9,12H,5,7,10-11H2,1-3H3,(H,21,24). The third-order valence-electron chi connectivity index (χ3n) is 3.87. The molecular weight excluding hydrogens is 373 g/mol. The molecule has 0 bridgehead atoms. The summed E-state index contributed by atoms with van der Waals surface area (Å²) < 4.78 is 16.4. The summed E-state index contributed by atoms with van der Waals surface area (Å²) in [5.74, 6) is -0.0658. The molecule has 0 saturated carbocycles. The molecule has 1 amide bonds. The maximum atomic E-state index is 13.7. The summed E-state index contributed by atoms with van der Waals surface area (Å²) in [6, 6.07) is 6.95. The molecule has 1 aromatic carbocycles. The normalized spacial score (nSPS) is 12.2. The molecule has 0 spiro atoms. The average molecular weight is 396 g/mol. The third-order valence-corrected chi connectivity index (χ3v) is 4.37. The summed E-state index contributed by atoms with van der Waals surface area (Å²) in [7, 11) is 0. The van der Waals surface area contributed by atoms with Gasteiger partial charge in [0.2, 0.25) is 5.91 Å². The van der Waals surface area contributed by atoms with Crippen LogP contribution in [0.15, 0.2) is 28.7 Å². The van der Waals surface area contributed by atoms with Crippen molar-refractivity contribution in [1.82, 2.24) is 15.1 Å². The van der Waals surface area contributed by atoms with Crippen LogP contribution in [-0.4, -0.2) is 22.2 Å². The van der Waals surface area contributed by atoms with Gasteiger partial charge in [-0.3, -0.25) is 9.48 Å². The molecule has 0 aliphatic carbocycles. The number of hydrogen-bond acceptors (Lipinski definition) is 2. The Morgan fingerprint density at radius 3 is 2.75 bits per heavy atom. The molecule has 6 heteroatoms. The van der Waals surface area contributed by atoms with Gasteiger partial charge < -0.3 is 5.32 Å². The van der Waals surface area contributed by atoms with Crippen LogP contribution in [0.3, 0.4) is 0 Å². The number of hydrogen-bond donors (Lipinski definition) is 1. The van der Waals surface area contributed by atoms with Gasteiger partial charge in [-0.2, -0.15) is 5.10 Å². The van der Waals surface area contributed by atoms with Gasteiger partial charge in [-0.15, -0.1) is 0 Å². The van der Waals surface area contributed by atoms with Gasteiger partial charge in [0.05, 0.1) is 5.69 Å². The van der Waals surface area contributed by atoms with E-state index < -0.39 is 0 Å². The van der Waals surface area contributed by atoms with E-state index >= 15 is 0 Å². The van der Waals surface area contributed by atoms with E-state index in [4.69, 9.17) is 0 Å². The Balaban J connectivity index is 1.75. The van der Waals surface area contributed by atoms with Gasteiger partial charge in [0.25, 0.3) is 0 Å². The van der Waals surface area contributed by atoms with Gasteiger partial charge in [-0.05, 0) is 49.9 Å². The highest BCUT2D eigenvalue weighted by molar-refractivity contribution is 9.10. The zero-order valence-corrected chi connectivity index (χ0v) is 15.9. The average Bonchev–Trinajstić information content (AvgIpc) is 2.82. The summed E-state index contributed by atoms with van der Waals surface area (Å²) in [6.45, 7) is 7.42. The second-order valence-electron chi connectivity index (χ2n) is 6.25. The van der Waals surface area contributed by atoms with Gasteiger partial charge in [-0.1, -0.05) is 28.9 Å². The van der Waals surface area contributed by atoms with Crippen molar-refractivity contribution in [1.29, 1.82) is 0 Å². The Morgan fingerprint density at radius 2 is 2.12 bits per heavy atom. The Labute approximate surface area is 150 Å². The van der Waals surface area contributed by atoms with Crippen LogP contribution in [0.5, 0.6) is 0 Å². The molecule has 0 aliphatic heterocycles. The lowest BCUT2D eigenvalue weighted by Crippen LogP contribution is -2.30. The first-order chi connectivity index (χ1) is 11.3. The van der Waals surface area contributed by atoms with E-state index in [1.54, 1.807) is 12.1 Å². The van der Waals surface area contributed by atoms with E-state index in [9.17, 15) is 9.18 Å². The smallest absolute Gasteiger partial charge is 0.220 e. The van der Waals surface area contributed by atoms with Crippen LogP contribution in [0, 0.1) is 25.6 Å². The molecule has 2 aromatic rings. The van der Waals surface area contributed by atoms with E-state index in [1.807, 2.05) is 24.6 Å². The second-order valence-corrected chi connectivity index (χ2v) is 7.17. The van der Waals surface area contributed by atoms with Crippen molar-refractivity contribution in [2.75, 3.05) is 6.54 Å². The van der Waals surface area contributed by atoms with Gasteiger partial charge in [0.1, 0.15) is 5.82 Å².